The Morgan fingerprint density at radius 1 is 1.06 bits per heavy atom. The minimum atomic E-state index is -3.15. The number of anilines is 1. The van der Waals surface area contributed by atoms with Crippen molar-refractivity contribution < 1.29 is 8.42 Å². The maximum Gasteiger partial charge on any atom is 0.214 e. The van der Waals surface area contributed by atoms with Crippen LogP contribution in [0.25, 0.3) is 10.2 Å². The van der Waals surface area contributed by atoms with Gasteiger partial charge in [-0.25, -0.2) is 18.4 Å². The van der Waals surface area contributed by atoms with E-state index in [0.717, 1.165) is 67.3 Å². The summed E-state index contributed by atoms with van der Waals surface area (Å²) >= 11 is 1.86. The van der Waals surface area contributed by atoms with Crippen molar-refractivity contribution >= 4 is 37.4 Å². The zero-order valence-electron chi connectivity index (χ0n) is 19.2. The highest BCUT2D eigenvalue weighted by Gasteiger charge is 2.30. The van der Waals surface area contributed by atoms with E-state index in [0.29, 0.717) is 26.2 Å². The fourth-order valence-corrected chi connectivity index (χ4v) is 7.70. The second kappa shape index (κ2) is 9.71. The average Bonchev–Trinajstić information content (AvgIpc) is 3.13. The van der Waals surface area contributed by atoms with Gasteiger partial charge < -0.3 is 4.90 Å². The number of nitrogens with zero attached hydrogens (tertiary/aromatic N) is 4. The number of aromatic nitrogens is 2. The molecule has 0 bridgehead atoms. The molecule has 0 N–H and O–H groups in total. The van der Waals surface area contributed by atoms with Crippen LogP contribution < -0.4 is 4.90 Å². The monoisotopic (exact) mass is 464 g/mol. The van der Waals surface area contributed by atoms with Gasteiger partial charge in [-0.2, -0.15) is 4.31 Å². The fraction of sp³-hybridized carbons (Fsp3) is 0.739. The quantitative estimate of drug-likeness (QED) is 0.579. The lowest BCUT2D eigenvalue weighted by atomic mass is 9.89. The molecule has 172 valence electrons. The number of piperazine rings is 1. The summed E-state index contributed by atoms with van der Waals surface area (Å²) in [6.45, 7) is 9.06. The summed E-state index contributed by atoms with van der Waals surface area (Å²) in [4.78, 5) is 14.9. The summed E-state index contributed by atoms with van der Waals surface area (Å²) in [6.07, 6.45) is 8.23. The Kier molecular flexibility index (Phi) is 7.18. The summed E-state index contributed by atoms with van der Waals surface area (Å²) in [6, 6.07) is 0. The summed E-state index contributed by atoms with van der Waals surface area (Å²) < 4.78 is 27.0. The van der Waals surface area contributed by atoms with Crippen molar-refractivity contribution in [3.05, 3.63) is 16.3 Å². The van der Waals surface area contributed by atoms with Crippen LogP contribution in [0.15, 0.2) is 0 Å². The van der Waals surface area contributed by atoms with Crippen LogP contribution in [0.1, 0.15) is 69.1 Å². The first-order chi connectivity index (χ1) is 14.9. The van der Waals surface area contributed by atoms with Gasteiger partial charge in [0.1, 0.15) is 16.5 Å². The molecule has 1 atom stereocenters. The van der Waals surface area contributed by atoms with Crippen LogP contribution in [0, 0.1) is 5.92 Å². The number of hydrogen-bond acceptors (Lipinski definition) is 6. The summed E-state index contributed by atoms with van der Waals surface area (Å²) in [5.41, 5.74) is 1.45. The highest BCUT2D eigenvalue weighted by molar-refractivity contribution is 7.89. The van der Waals surface area contributed by atoms with Gasteiger partial charge in [0.05, 0.1) is 11.1 Å². The molecule has 0 spiro atoms. The molecule has 1 fully saturated rings. The van der Waals surface area contributed by atoms with E-state index in [1.165, 1.54) is 22.2 Å². The van der Waals surface area contributed by atoms with Crippen LogP contribution >= 0.6 is 11.3 Å². The van der Waals surface area contributed by atoms with Crippen LogP contribution in [0.2, 0.25) is 0 Å². The van der Waals surface area contributed by atoms with Gasteiger partial charge in [0, 0.05) is 37.5 Å². The Bertz CT molecular complexity index is 1010. The first-order valence-corrected chi connectivity index (χ1v) is 14.4. The van der Waals surface area contributed by atoms with Crippen LogP contribution in [0.5, 0.6) is 0 Å². The van der Waals surface area contributed by atoms with Gasteiger partial charge in [-0.1, -0.05) is 33.6 Å². The SMILES string of the molecule is CCCCc1nc(N2CCN(S(=O)(=O)CCCC)CC2)c2c3c(sc2n1)C[C@@H](C)CC3. The molecule has 31 heavy (non-hydrogen) atoms. The number of thiophene rings is 1. The normalized spacial score (nSPS) is 20.4. The lowest BCUT2D eigenvalue weighted by Crippen LogP contribution is -2.49. The topological polar surface area (TPSA) is 66.4 Å². The maximum atomic E-state index is 12.6. The Balaban J connectivity index is 1.63. The van der Waals surface area contributed by atoms with Gasteiger partial charge in [0.15, 0.2) is 0 Å². The van der Waals surface area contributed by atoms with Gasteiger partial charge in [0.25, 0.3) is 0 Å². The van der Waals surface area contributed by atoms with Gasteiger partial charge in [-0.05, 0) is 43.6 Å². The van der Waals surface area contributed by atoms with Gasteiger partial charge >= 0.3 is 0 Å². The zero-order chi connectivity index (χ0) is 22.0. The van der Waals surface area contributed by atoms with Crippen molar-refractivity contribution in [2.45, 2.75) is 72.1 Å². The van der Waals surface area contributed by atoms with Crippen molar-refractivity contribution in [3.8, 4) is 0 Å². The van der Waals surface area contributed by atoms with Crippen LogP contribution in [-0.4, -0.2) is 54.6 Å². The van der Waals surface area contributed by atoms with Crippen molar-refractivity contribution in [2.75, 3.05) is 36.8 Å². The number of rotatable bonds is 8. The van der Waals surface area contributed by atoms with Gasteiger partial charge in [-0.3, -0.25) is 0 Å². The summed E-state index contributed by atoms with van der Waals surface area (Å²) in [7, 11) is -3.15. The number of hydrogen-bond donors (Lipinski definition) is 0. The third kappa shape index (κ3) is 4.91. The Labute approximate surface area is 191 Å². The highest BCUT2D eigenvalue weighted by atomic mass is 32.2. The molecule has 2 aromatic rings. The van der Waals surface area contributed by atoms with Crippen molar-refractivity contribution in [3.63, 3.8) is 0 Å². The predicted molar refractivity (Wildman–Crippen MR) is 130 cm³/mol. The van der Waals surface area contributed by atoms with Crippen LogP contribution in [0.4, 0.5) is 5.82 Å². The van der Waals surface area contributed by atoms with Crippen molar-refractivity contribution in [1.82, 2.24) is 14.3 Å². The Morgan fingerprint density at radius 3 is 2.52 bits per heavy atom. The first kappa shape index (κ1) is 22.9. The number of aryl methyl sites for hydroxylation is 2. The van der Waals surface area contributed by atoms with E-state index in [4.69, 9.17) is 9.97 Å². The lowest BCUT2D eigenvalue weighted by molar-refractivity contribution is 0.383. The molecule has 1 saturated heterocycles. The summed E-state index contributed by atoms with van der Waals surface area (Å²) in [5.74, 6) is 2.98. The molecule has 6 nitrogen and oxygen atoms in total. The molecule has 0 unspecified atom stereocenters. The lowest BCUT2D eigenvalue weighted by Gasteiger charge is -2.35. The van der Waals surface area contributed by atoms with E-state index >= 15 is 0 Å². The fourth-order valence-electron chi connectivity index (χ4n) is 4.68. The molecule has 2 aromatic heterocycles. The van der Waals surface area contributed by atoms with E-state index in [1.807, 2.05) is 18.3 Å². The summed E-state index contributed by atoms with van der Waals surface area (Å²) in [5, 5.41) is 1.24. The number of sulfonamides is 1. The molecule has 0 radical (unpaired) electrons. The zero-order valence-corrected chi connectivity index (χ0v) is 20.8. The highest BCUT2D eigenvalue weighted by Crippen LogP contribution is 2.41. The van der Waals surface area contributed by atoms with Crippen LogP contribution in [-0.2, 0) is 29.3 Å². The van der Waals surface area contributed by atoms with E-state index < -0.39 is 10.0 Å². The third-order valence-electron chi connectivity index (χ3n) is 6.62. The first-order valence-electron chi connectivity index (χ1n) is 12.0. The molecule has 4 rings (SSSR count). The molecule has 1 aliphatic heterocycles. The van der Waals surface area contributed by atoms with Crippen molar-refractivity contribution in [1.29, 1.82) is 0 Å². The molecule has 8 heteroatoms. The van der Waals surface area contributed by atoms with E-state index in [2.05, 4.69) is 18.7 Å². The molecule has 0 amide bonds. The molecular weight excluding hydrogens is 428 g/mol. The van der Waals surface area contributed by atoms with Crippen LogP contribution in [0.3, 0.4) is 0 Å². The second-order valence-electron chi connectivity index (χ2n) is 9.15. The molecular formula is C23H36N4O2S2. The van der Waals surface area contributed by atoms with E-state index in [-0.39, 0.29) is 5.75 Å². The van der Waals surface area contributed by atoms with Gasteiger partial charge in [0.2, 0.25) is 10.0 Å². The Hall–Kier alpha value is -1.25. The van der Waals surface area contributed by atoms with E-state index in [9.17, 15) is 8.42 Å². The maximum absolute atomic E-state index is 12.6. The standard InChI is InChI=1S/C23H36N4O2S2/c1-4-6-8-20-24-22(21-18-10-9-17(3)16-19(18)30-23(21)25-20)26-11-13-27(14-12-26)31(28,29)15-7-5-2/h17H,4-16H2,1-3H3/t17-/m0/s1. The number of fused-ring (bicyclic) bond motifs is 3. The molecule has 1 aliphatic carbocycles. The minimum absolute atomic E-state index is 0.263. The second-order valence-corrected chi connectivity index (χ2v) is 12.3. The molecule has 0 aromatic carbocycles. The number of unbranched alkanes of at least 4 members (excludes halogenated alkanes) is 2. The predicted octanol–water partition coefficient (Wildman–Crippen LogP) is 4.41. The van der Waals surface area contributed by atoms with Gasteiger partial charge in [-0.15, -0.1) is 11.3 Å². The molecule has 3 heterocycles. The largest absolute Gasteiger partial charge is 0.353 e. The third-order valence-corrected chi connectivity index (χ3v) is 9.73. The minimum Gasteiger partial charge on any atom is -0.353 e. The average molecular weight is 465 g/mol. The molecule has 2 aliphatic rings. The Morgan fingerprint density at radius 2 is 1.81 bits per heavy atom. The molecule has 0 saturated carbocycles. The van der Waals surface area contributed by atoms with Crippen molar-refractivity contribution in [2.24, 2.45) is 5.92 Å². The van der Waals surface area contributed by atoms with E-state index in [1.54, 1.807) is 4.31 Å². The smallest absolute Gasteiger partial charge is 0.214 e.